The standard InChI is InChI=1S/C27H38O3S/c1-3-4-5-6-7-11-16-22-21-25(31-23-17-12-10-13-18-23)27(29)24(22)19-14-8-9-15-20-26(28)30-2/h10,12-13,17-19,21-22H,3-9,11,14-16,20H2,1-2H3/b24-19+/t22-/m0/s1. The second kappa shape index (κ2) is 15.1. The number of esters is 1. The van der Waals surface area contributed by atoms with Gasteiger partial charge in [-0.2, -0.15) is 0 Å². The summed E-state index contributed by atoms with van der Waals surface area (Å²) in [4.78, 5) is 26.3. The van der Waals surface area contributed by atoms with Crippen LogP contribution in [0.2, 0.25) is 0 Å². The predicted molar refractivity (Wildman–Crippen MR) is 130 cm³/mol. The molecule has 0 spiro atoms. The van der Waals surface area contributed by atoms with Crippen molar-refractivity contribution in [3.05, 3.63) is 53.0 Å². The third-order valence-electron chi connectivity index (χ3n) is 5.75. The number of unbranched alkanes of at least 4 members (excludes halogenated alkanes) is 8. The minimum atomic E-state index is -0.143. The van der Waals surface area contributed by atoms with Gasteiger partial charge in [-0.3, -0.25) is 9.59 Å². The Balaban J connectivity index is 1.90. The van der Waals surface area contributed by atoms with Crippen LogP contribution in [-0.2, 0) is 14.3 Å². The molecule has 3 nitrogen and oxygen atoms in total. The first-order valence-corrected chi connectivity index (χ1v) is 12.7. The largest absolute Gasteiger partial charge is 0.469 e. The van der Waals surface area contributed by atoms with Crippen LogP contribution < -0.4 is 0 Å². The molecule has 0 aliphatic heterocycles. The van der Waals surface area contributed by atoms with Gasteiger partial charge in [0.2, 0.25) is 0 Å². The summed E-state index contributed by atoms with van der Waals surface area (Å²) in [6.07, 6.45) is 17.3. The Hall–Kier alpha value is -1.81. The molecule has 0 amide bonds. The number of ether oxygens (including phenoxy) is 1. The summed E-state index contributed by atoms with van der Waals surface area (Å²) in [6, 6.07) is 10.2. The van der Waals surface area contributed by atoms with Gasteiger partial charge in [0.05, 0.1) is 12.0 Å². The van der Waals surface area contributed by atoms with E-state index in [1.807, 2.05) is 18.2 Å². The molecular weight excluding hydrogens is 404 g/mol. The van der Waals surface area contributed by atoms with Crippen LogP contribution in [0.15, 0.2) is 57.9 Å². The SMILES string of the molecule is CCCCCCCC[C@H]1C=C(Sc2ccccc2)C(=O)/C1=C/CCCCCC(=O)OC. The summed E-state index contributed by atoms with van der Waals surface area (Å²) in [6.45, 7) is 2.24. The molecule has 4 heteroatoms. The third-order valence-corrected chi connectivity index (χ3v) is 6.80. The number of rotatable bonds is 15. The Morgan fingerprint density at radius 2 is 1.71 bits per heavy atom. The lowest BCUT2D eigenvalue weighted by molar-refractivity contribution is -0.140. The third kappa shape index (κ3) is 9.47. The first-order valence-electron chi connectivity index (χ1n) is 11.9. The molecule has 0 aromatic heterocycles. The summed E-state index contributed by atoms with van der Waals surface area (Å²) in [5.41, 5.74) is 0.986. The number of hydrogen-bond acceptors (Lipinski definition) is 4. The number of benzene rings is 1. The van der Waals surface area contributed by atoms with E-state index >= 15 is 0 Å². The van der Waals surface area contributed by atoms with Gasteiger partial charge in [0.25, 0.3) is 0 Å². The molecule has 0 heterocycles. The van der Waals surface area contributed by atoms with E-state index in [0.717, 1.165) is 47.5 Å². The van der Waals surface area contributed by atoms with Gasteiger partial charge >= 0.3 is 5.97 Å². The van der Waals surface area contributed by atoms with Crippen molar-refractivity contribution < 1.29 is 14.3 Å². The molecule has 0 bridgehead atoms. The van der Waals surface area contributed by atoms with E-state index in [2.05, 4.69) is 31.2 Å². The maximum atomic E-state index is 13.1. The molecule has 0 N–H and O–H groups in total. The van der Waals surface area contributed by atoms with Crippen LogP contribution in [0, 0.1) is 5.92 Å². The summed E-state index contributed by atoms with van der Waals surface area (Å²) >= 11 is 1.59. The number of thioether (sulfide) groups is 1. The highest BCUT2D eigenvalue weighted by atomic mass is 32.2. The van der Waals surface area contributed by atoms with Crippen molar-refractivity contribution >= 4 is 23.5 Å². The molecule has 0 saturated heterocycles. The quantitative estimate of drug-likeness (QED) is 0.159. The number of methoxy groups -OCH3 is 1. The van der Waals surface area contributed by atoms with Crippen molar-refractivity contribution in [1.82, 2.24) is 0 Å². The molecule has 0 radical (unpaired) electrons. The van der Waals surface area contributed by atoms with Crippen molar-refractivity contribution in [2.24, 2.45) is 5.92 Å². The number of allylic oxidation sites excluding steroid dienone is 4. The van der Waals surface area contributed by atoms with E-state index < -0.39 is 0 Å². The van der Waals surface area contributed by atoms with Crippen LogP contribution in [0.4, 0.5) is 0 Å². The highest BCUT2D eigenvalue weighted by Gasteiger charge is 2.29. The van der Waals surface area contributed by atoms with E-state index in [9.17, 15) is 9.59 Å². The van der Waals surface area contributed by atoms with Crippen molar-refractivity contribution in [2.45, 2.75) is 88.9 Å². The molecule has 0 unspecified atom stereocenters. The number of carbonyl (C=O) groups excluding carboxylic acids is 2. The van der Waals surface area contributed by atoms with Gasteiger partial charge in [-0.05, 0) is 37.8 Å². The fourth-order valence-corrected chi connectivity index (χ4v) is 4.92. The van der Waals surface area contributed by atoms with Gasteiger partial charge in [0.15, 0.2) is 5.78 Å². The summed E-state index contributed by atoms with van der Waals surface area (Å²) < 4.78 is 4.69. The zero-order valence-corrected chi connectivity index (χ0v) is 20.1. The molecule has 1 aromatic carbocycles. The Kier molecular flexibility index (Phi) is 12.4. The Bertz CT molecular complexity index is 736. The van der Waals surface area contributed by atoms with Crippen LogP contribution in [0.3, 0.4) is 0 Å². The zero-order valence-electron chi connectivity index (χ0n) is 19.2. The number of hydrogen-bond donors (Lipinski definition) is 0. The van der Waals surface area contributed by atoms with Crippen molar-refractivity contribution in [3.8, 4) is 0 Å². The maximum absolute atomic E-state index is 13.1. The Morgan fingerprint density at radius 3 is 2.45 bits per heavy atom. The minimum absolute atomic E-state index is 0.143. The van der Waals surface area contributed by atoms with Crippen molar-refractivity contribution in [1.29, 1.82) is 0 Å². The molecule has 1 aromatic rings. The van der Waals surface area contributed by atoms with E-state index in [1.165, 1.54) is 45.6 Å². The first kappa shape index (κ1) is 25.5. The van der Waals surface area contributed by atoms with Crippen molar-refractivity contribution in [3.63, 3.8) is 0 Å². The van der Waals surface area contributed by atoms with Gasteiger partial charge in [-0.25, -0.2) is 0 Å². The summed E-state index contributed by atoms with van der Waals surface area (Å²) in [5.74, 6) is 0.314. The van der Waals surface area contributed by atoms with Gasteiger partial charge in [-0.1, -0.05) is 94.0 Å². The van der Waals surface area contributed by atoms with Crippen LogP contribution in [0.25, 0.3) is 0 Å². The number of Topliss-reactive ketones (excluding diaryl/α,β-unsaturated/α-hetero) is 1. The lowest BCUT2D eigenvalue weighted by Gasteiger charge is -2.10. The van der Waals surface area contributed by atoms with E-state index in [0.29, 0.717) is 6.42 Å². The smallest absolute Gasteiger partial charge is 0.305 e. The lowest BCUT2D eigenvalue weighted by atomic mass is 9.94. The van der Waals surface area contributed by atoms with Gasteiger partial charge < -0.3 is 4.74 Å². The van der Waals surface area contributed by atoms with Gasteiger partial charge in [0.1, 0.15) is 0 Å². The highest BCUT2D eigenvalue weighted by Crippen LogP contribution is 2.39. The fourth-order valence-electron chi connectivity index (χ4n) is 3.93. The second-order valence-corrected chi connectivity index (χ2v) is 9.39. The van der Waals surface area contributed by atoms with E-state index in [-0.39, 0.29) is 17.7 Å². The summed E-state index contributed by atoms with van der Waals surface area (Å²) in [7, 11) is 1.43. The molecule has 31 heavy (non-hydrogen) atoms. The Labute approximate surface area is 192 Å². The molecule has 1 aliphatic rings. The monoisotopic (exact) mass is 442 g/mol. The predicted octanol–water partition coefficient (Wildman–Crippen LogP) is 7.66. The van der Waals surface area contributed by atoms with Crippen LogP contribution >= 0.6 is 11.8 Å². The molecular formula is C27H38O3S. The topological polar surface area (TPSA) is 43.4 Å². The van der Waals surface area contributed by atoms with Crippen molar-refractivity contribution in [2.75, 3.05) is 7.11 Å². The summed E-state index contributed by atoms with van der Waals surface area (Å²) in [5, 5.41) is 0. The van der Waals surface area contributed by atoms with E-state index in [4.69, 9.17) is 4.74 Å². The molecule has 0 fully saturated rings. The molecule has 1 atom stereocenters. The second-order valence-electron chi connectivity index (χ2n) is 8.27. The van der Waals surface area contributed by atoms with E-state index in [1.54, 1.807) is 11.8 Å². The minimum Gasteiger partial charge on any atom is -0.469 e. The fraction of sp³-hybridized carbons (Fsp3) is 0.556. The van der Waals surface area contributed by atoms with Crippen LogP contribution in [0.5, 0.6) is 0 Å². The highest BCUT2D eigenvalue weighted by molar-refractivity contribution is 8.04. The Morgan fingerprint density at radius 1 is 1.00 bits per heavy atom. The normalized spacial score (nSPS) is 17.2. The van der Waals surface area contributed by atoms with Crippen LogP contribution in [0.1, 0.15) is 84.0 Å². The molecule has 2 rings (SSSR count). The average molecular weight is 443 g/mol. The zero-order chi connectivity index (χ0) is 22.3. The molecule has 170 valence electrons. The number of carbonyl (C=O) groups is 2. The maximum Gasteiger partial charge on any atom is 0.305 e. The van der Waals surface area contributed by atoms with Gasteiger partial charge in [0, 0.05) is 22.8 Å². The molecule has 0 saturated carbocycles. The first-order chi connectivity index (χ1) is 15.2. The van der Waals surface area contributed by atoms with Gasteiger partial charge in [-0.15, -0.1) is 0 Å². The molecule has 1 aliphatic carbocycles. The van der Waals surface area contributed by atoms with Crippen LogP contribution in [-0.4, -0.2) is 18.9 Å². The average Bonchev–Trinajstić information content (AvgIpc) is 3.07. The lowest BCUT2D eigenvalue weighted by Crippen LogP contribution is -2.04. The number of ketones is 1.